The van der Waals surface area contributed by atoms with Gasteiger partial charge in [0.25, 0.3) is 0 Å². The van der Waals surface area contributed by atoms with Crippen LogP contribution in [0.25, 0.3) is 33.4 Å². The lowest BCUT2D eigenvalue weighted by Crippen LogP contribution is -2.25. The van der Waals surface area contributed by atoms with Crippen LogP contribution in [0.3, 0.4) is 0 Å². The molecule has 0 aromatic heterocycles. The molecule has 0 atom stereocenters. The monoisotopic (exact) mass is 532 g/mol. The van der Waals surface area contributed by atoms with E-state index in [9.17, 15) is 0 Å². The van der Waals surface area contributed by atoms with Crippen molar-refractivity contribution in [3.05, 3.63) is 162 Å². The van der Waals surface area contributed by atoms with E-state index in [4.69, 9.17) is 0 Å². The van der Waals surface area contributed by atoms with Crippen LogP contribution in [0.5, 0.6) is 0 Å². The van der Waals surface area contributed by atoms with Crippen LogP contribution in [-0.4, -0.2) is 0 Å². The van der Waals surface area contributed by atoms with Gasteiger partial charge in [-0.3, -0.25) is 0 Å². The van der Waals surface area contributed by atoms with E-state index in [1.807, 2.05) is 0 Å². The van der Waals surface area contributed by atoms with Crippen molar-refractivity contribution < 1.29 is 0 Å². The second kappa shape index (κ2) is 11.5. The summed E-state index contributed by atoms with van der Waals surface area (Å²) < 4.78 is 0. The molecule has 0 spiro atoms. The van der Waals surface area contributed by atoms with Gasteiger partial charge in [-0.15, -0.1) is 0 Å². The summed E-state index contributed by atoms with van der Waals surface area (Å²) in [4.78, 5) is 0. The largest absolute Gasteiger partial charge is 0.0622 e. The van der Waals surface area contributed by atoms with Crippen LogP contribution in [0.15, 0.2) is 146 Å². The van der Waals surface area contributed by atoms with Crippen molar-refractivity contribution in [1.82, 2.24) is 0 Å². The van der Waals surface area contributed by atoms with Gasteiger partial charge >= 0.3 is 0 Å². The smallest absolute Gasteiger partial charge is 0.000881 e. The van der Waals surface area contributed by atoms with E-state index in [1.54, 1.807) is 0 Å². The molecular formula is C39H33P. The Morgan fingerprint density at radius 2 is 0.775 bits per heavy atom. The molecule has 6 rings (SSSR count). The van der Waals surface area contributed by atoms with Gasteiger partial charge in [-0.1, -0.05) is 146 Å². The van der Waals surface area contributed by atoms with E-state index in [2.05, 4.69) is 166 Å². The lowest BCUT2D eigenvalue weighted by Gasteiger charge is -2.29. The maximum absolute atomic E-state index is 2.34. The van der Waals surface area contributed by atoms with Gasteiger partial charge in [-0.2, -0.15) is 0 Å². The summed E-state index contributed by atoms with van der Waals surface area (Å²) in [5, 5.41) is 4.15. The molecule has 0 aliphatic heterocycles. The topological polar surface area (TPSA) is 0 Å². The van der Waals surface area contributed by atoms with Gasteiger partial charge in [0.2, 0.25) is 0 Å². The molecule has 0 aliphatic rings. The van der Waals surface area contributed by atoms with Crippen LogP contribution < -0.4 is 15.9 Å². The average Bonchev–Trinajstić information content (AvgIpc) is 3.00. The fourth-order valence-electron chi connectivity index (χ4n) is 5.81. The molecule has 0 saturated heterocycles. The molecular weight excluding hydrogens is 499 g/mol. The summed E-state index contributed by atoms with van der Waals surface area (Å²) in [7, 11) is -0.840. The van der Waals surface area contributed by atoms with Crippen LogP contribution >= 0.6 is 7.92 Å². The van der Waals surface area contributed by atoms with Crippen LogP contribution in [0, 0.1) is 20.8 Å². The first-order valence-corrected chi connectivity index (χ1v) is 15.2. The summed E-state index contributed by atoms with van der Waals surface area (Å²) in [6, 6.07) is 53.1. The second-order valence-corrected chi connectivity index (χ2v) is 12.5. The first-order valence-electron chi connectivity index (χ1n) is 13.9. The maximum atomic E-state index is 2.34. The van der Waals surface area contributed by atoms with Gasteiger partial charge in [0.05, 0.1) is 0 Å². The average molecular weight is 533 g/mol. The van der Waals surface area contributed by atoms with Gasteiger partial charge in [0.1, 0.15) is 0 Å². The Balaban J connectivity index is 1.74. The van der Waals surface area contributed by atoms with Crippen molar-refractivity contribution in [2.45, 2.75) is 20.8 Å². The Kier molecular flexibility index (Phi) is 7.45. The zero-order valence-electron chi connectivity index (χ0n) is 23.3. The highest BCUT2D eigenvalue weighted by atomic mass is 31.1. The van der Waals surface area contributed by atoms with Crippen molar-refractivity contribution in [3.8, 4) is 33.4 Å². The molecule has 0 saturated carbocycles. The third-order valence-corrected chi connectivity index (χ3v) is 10.3. The number of rotatable bonds is 6. The Hall–Kier alpha value is -4.25. The molecule has 0 heterocycles. The summed E-state index contributed by atoms with van der Waals surface area (Å²) >= 11 is 0. The van der Waals surface area contributed by atoms with Gasteiger partial charge in [-0.05, 0) is 89.4 Å². The molecule has 0 bridgehead atoms. The van der Waals surface area contributed by atoms with Gasteiger partial charge in [0, 0.05) is 5.30 Å². The lowest BCUT2D eigenvalue weighted by atomic mass is 9.86. The first kappa shape index (κ1) is 26.0. The molecule has 0 nitrogen and oxygen atoms in total. The molecule has 0 N–H and O–H groups in total. The lowest BCUT2D eigenvalue weighted by molar-refractivity contribution is 1.36. The number of hydrogen-bond donors (Lipinski definition) is 0. The predicted octanol–water partition coefficient (Wildman–Crippen LogP) is 9.37. The van der Waals surface area contributed by atoms with E-state index in [1.165, 1.54) is 66.0 Å². The van der Waals surface area contributed by atoms with E-state index in [0.717, 1.165) is 0 Å². The van der Waals surface area contributed by atoms with Crippen LogP contribution in [0.1, 0.15) is 16.7 Å². The fraction of sp³-hybridized carbons (Fsp3) is 0.0769. The molecule has 0 aliphatic carbocycles. The van der Waals surface area contributed by atoms with Gasteiger partial charge in [-0.25, -0.2) is 0 Å². The third-order valence-electron chi connectivity index (χ3n) is 7.73. The fourth-order valence-corrected chi connectivity index (χ4v) is 8.53. The van der Waals surface area contributed by atoms with Crippen molar-refractivity contribution >= 4 is 23.8 Å². The Morgan fingerprint density at radius 3 is 1.27 bits per heavy atom. The van der Waals surface area contributed by atoms with Gasteiger partial charge in [0.15, 0.2) is 0 Å². The molecule has 1 heteroatoms. The second-order valence-electron chi connectivity index (χ2n) is 10.3. The quantitative estimate of drug-likeness (QED) is 0.188. The minimum atomic E-state index is -0.840. The highest BCUT2D eigenvalue weighted by molar-refractivity contribution is 7.80. The zero-order chi connectivity index (χ0) is 27.5. The Bertz CT molecular complexity index is 1700. The van der Waals surface area contributed by atoms with E-state index >= 15 is 0 Å². The third kappa shape index (κ3) is 4.92. The molecule has 0 unspecified atom stereocenters. The van der Waals surface area contributed by atoms with Crippen molar-refractivity contribution in [3.63, 3.8) is 0 Å². The summed E-state index contributed by atoms with van der Waals surface area (Å²) in [6.45, 7) is 6.85. The predicted molar refractivity (Wildman–Crippen MR) is 176 cm³/mol. The van der Waals surface area contributed by atoms with Crippen LogP contribution in [0.4, 0.5) is 0 Å². The Morgan fingerprint density at radius 1 is 0.375 bits per heavy atom. The van der Waals surface area contributed by atoms with Crippen molar-refractivity contribution in [1.29, 1.82) is 0 Å². The number of benzene rings is 6. The molecule has 6 aromatic rings. The SMILES string of the molecule is Cc1ccc(-c2ccccc2)c(C)c1-c1c(C)ccc(-c2ccccc2)c1P(c1ccccc1)c1ccccc1. The molecule has 0 amide bonds. The first-order chi connectivity index (χ1) is 19.6. The molecule has 0 radical (unpaired) electrons. The molecule has 40 heavy (non-hydrogen) atoms. The van der Waals surface area contributed by atoms with E-state index in [-0.39, 0.29) is 0 Å². The normalized spacial score (nSPS) is 11.1. The van der Waals surface area contributed by atoms with Crippen LogP contribution in [-0.2, 0) is 0 Å². The molecule has 194 valence electrons. The molecule has 0 fully saturated rings. The zero-order valence-corrected chi connectivity index (χ0v) is 24.2. The van der Waals surface area contributed by atoms with Crippen molar-refractivity contribution in [2.75, 3.05) is 0 Å². The minimum absolute atomic E-state index is 0.840. The number of aryl methyl sites for hydroxylation is 2. The van der Waals surface area contributed by atoms with E-state index < -0.39 is 7.92 Å². The minimum Gasteiger partial charge on any atom is -0.0622 e. The summed E-state index contributed by atoms with van der Waals surface area (Å²) in [6.07, 6.45) is 0. The summed E-state index contributed by atoms with van der Waals surface area (Å²) in [5.41, 5.74) is 11.8. The van der Waals surface area contributed by atoms with Gasteiger partial charge < -0.3 is 0 Å². The maximum Gasteiger partial charge on any atom is 0.000881 e. The Labute approximate surface area is 239 Å². The van der Waals surface area contributed by atoms with Crippen LogP contribution in [0.2, 0.25) is 0 Å². The summed E-state index contributed by atoms with van der Waals surface area (Å²) in [5.74, 6) is 0. The van der Waals surface area contributed by atoms with E-state index in [0.29, 0.717) is 0 Å². The highest BCUT2D eigenvalue weighted by Gasteiger charge is 2.27. The number of hydrogen-bond acceptors (Lipinski definition) is 0. The molecule has 6 aromatic carbocycles. The highest BCUT2D eigenvalue weighted by Crippen LogP contribution is 2.45. The van der Waals surface area contributed by atoms with Crippen molar-refractivity contribution in [2.24, 2.45) is 0 Å². The standard InChI is InChI=1S/C39H33P/c1-28-24-26-35(31-16-8-4-9-17-31)30(3)37(28)38-29(2)25-27-36(32-18-10-5-11-19-32)39(38)40(33-20-12-6-13-21-33)34-22-14-7-15-23-34/h4-27H,1-3H3.